The third kappa shape index (κ3) is 5.91. The fraction of sp³-hybridized carbons (Fsp3) is 0.273. The first kappa shape index (κ1) is 21.0. The van der Waals surface area contributed by atoms with Crippen molar-refractivity contribution in [2.75, 3.05) is 19.7 Å². The van der Waals surface area contributed by atoms with Crippen LogP contribution in [0.4, 0.5) is 0 Å². The average molecular weight is 409 g/mol. The normalized spacial score (nSPS) is 15.5. The van der Waals surface area contributed by atoms with Crippen molar-refractivity contribution < 1.29 is 23.9 Å². The van der Waals surface area contributed by atoms with Gasteiger partial charge in [-0.1, -0.05) is 48.5 Å². The summed E-state index contributed by atoms with van der Waals surface area (Å²) in [6.07, 6.45) is 0.776. The number of hydrogen-bond donors (Lipinski definition) is 2. The van der Waals surface area contributed by atoms with Gasteiger partial charge >= 0.3 is 5.97 Å². The number of hydrazine groups is 1. The lowest BCUT2D eigenvalue weighted by atomic mass is 10.1. The molecule has 0 spiro atoms. The predicted octanol–water partition coefficient (Wildman–Crippen LogP) is 1.08. The Hall–Kier alpha value is -3.68. The minimum atomic E-state index is -0.669. The minimum absolute atomic E-state index is 0.0694. The molecule has 3 rings (SSSR count). The fourth-order valence-electron chi connectivity index (χ4n) is 3.13. The number of rotatable bonds is 7. The molecule has 0 unspecified atom stereocenters. The van der Waals surface area contributed by atoms with Crippen molar-refractivity contribution in [1.82, 2.24) is 15.8 Å². The molecule has 1 saturated heterocycles. The zero-order chi connectivity index (χ0) is 21.3. The molecule has 1 aliphatic heterocycles. The molecule has 3 amide bonds. The maximum atomic E-state index is 12.2. The molecule has 0 radical (unpaired) electrons. The van der Waals surface area contributed by atoms with Crippen LogP contribution in [0.25, 0.3) is 0 Å². The molecule has 0 aliphatic carbocycles. The first-order valence-electron chi connectivity index (χ1n) is 9.65. The van der Waals surface area contributed by atoms with Crippen LogP contribution in [0.1, 0.15) is 22.3 Å². The van der Waals surface area contributed by atoms with E-state index in [-0.39, 0.29) is 18.9 Å². The second-order valence-electron chi connectivity index (χ2n) is 6.95. The number of carbonyl (C=O) groups is 4. The molecule has 1 aliphatic rings. The molecule has 1 atom stereocenters. The summed E-state index contributed by atoms with van der Waals surface area (Å²) in [4.78, 5) is 49.7. The van der Waals surface area contributed by atoms with Gasteiger partial charge in [0.2, 0.25) is 5.91 Å². The van der Waals surface area contributed by atoms with Gasteiger partial charge in [0.05, 0.1) is 5.92 Å². The Kier molecular flexibility index (Phi) is 7.15. The molecular weight excluding hydrogens is 386 g/mol. The maximum Gasteiger partial charge on any atom is 0.311 e. The van der Waals surface area contributed by atoms with Crippen molar-refractivity contribution in [2.24, 2.45) is 5.92 Å². The van der Waals surface area contributed by atoms with E-state index >= 15 is 0 Å². The first-order valence-corrected chi connectivity index (χ1v) is 9.65. The molecular formula is C22H23N3O5. The van der Waals surface area contributed by atoms with Gasteiger partial charge in [-0.2, -0.15) is 0 Å². The van der Waals surface area contributed by atoms with Crippen molar-refractivity contribution in [3.05, 3.63) is 71.8 Å². The van der Waals surface area contributed by atoms with Crippen LogP contribution in [0, 0.1) is 5.92 Å². The first-order chi connectivity index (χ1) is 14.5. The highest BCUT2D eigenvalue weighted by molar-refractivity contribution is 5.95. The number of nitrogens with one attached hydrogen (secondary N) is 2. The Morgan fingerprint density at radius 2 is 1.63 bits per heavy atom. The summed E-state index contributed by atoms with van der Waals surface area (Å²) in [7, 11) is 0. The third-order valence-electron chi connectivity index (χ3n) is 4.76. The van der Waals surface area contributed by atoms with Crippen molar-refractivity contribution in [3.8, 4) is 0 Å². The summed E-state index contributed by atoms with van der Waals surface area (Å²) in [6, 6.07) is 18.1. The van der Waals surface area contributed by atoms with Crippen LogP contribution in [0.5, 0.6) is 0 Å². The number of likely N-dealkylation sites (tertiary alicyclic amines) is 1. The Morgan fingerprint density at radius 3 is 2.33 bits per heavy atom. The Morgan fingerprint density at radius 1 is 0.967 bits per heavy atom. The van der Waals surface area contributed by atoms with Crippen LogP contribution >= 0.6 is 0 Å². The zero-order valence-electron chi connectivity index (χ0n) is 16.4. The lowest BCUT2D eigenvalue weighted by molar-refractivity contribution is -0.152. The molecule has 0 aromatic heterocycles. The molecule has 2 N–H and O–H groups in total. The lowest BCUT2D eigenvalue weighted by Crippen LogP contribution is -2.43. The molecule has 2 aromatic carbocycles. The van der Waals surface area contributed by atoms with Crippen LogP contribution in [-0.4, -0.2) is 48.3 Å². The highest BCUT2D eigenvalue weighted by Gasteiger charge is 2.35. The molecule has 0 bridgehead atoms. The van der Waals surface area contributed by atoms with E-state index in [4.69, 9.17) is 4.74 Å². The topological polar surface area (TPSA) is 105 Å². The van der Waals surface area contributed by atoms with Gasteiger partial charge in [0.25, 0.3) is 11.8 Å². The van der Waals surface area contributed by atoms with Crippen molar-refractivity contribution >= 4 is 23.7 Å². The minimum Gasteiger partial charge on any atom is -0.455 e. The van der Waals surface area contributed by atoms with E-state index in [1.54, 1.807) is 35.2 Å². The molecule has 2 aromatic rings. The van der Waals surface area contributed by atoms with E-state index in [1.165, 1.54) is 0 Å². The van der Waals surface area contributed by atoms with Gasteiger partial charge in [0.1, 0.15) is 0 Å². The van der Waals surface area contributed by atoms with Gasteiger partial charge in [-0.15, -0.1) is 0 Å². The summed E-state index contributed by atoms with van der Waals surface area (Å²) in [5.41, 5.74) is 5.94. The van der Waals surface area contributed by atoms with Crippen LogP contribution in [0.2, 0.25) is 0 Å². The van der Waals surface area contributed by atoms with E-state index in [9.17, 15) is 19.2 Å². The highest BCUT2D eigenvalue weighted by Crippen LogP contribution is 2.19. The SMILES string of the molecule is O=C(COC(=O)[C@H]1CC(=O)N(CCc2ccccc2)C1)NNC(=O)c1ccccc1. The molecule has 30 heavy (non-hydrogen) atoms. The molecule has 0 saturated carbocycles. The Labute approximate surface area is 174 Å². The van der Waals surface area contributed by atoms with E-state index in [1.807, 2.05) is 30.3 Å². The van der Waals surface area contributed by atoms with Crippen LogP contribution in [0.3, 0.4) is 0 Å². The van der Waals surface area contributed by atoms with Gasteiger partial charge in [-0.3, -0.25) is 30.0 Å². The Balaban J connectivity index is 1.37. The second kappa shape index (κ2) is 10.2. The number of hydrogen-bond acceptors (Lipinski definition) is 5. The summed E-state index contributed by atoms with van der Waals surface area (Å²) in [6.45, 7) is 0.262. The van der Waals surface area contributed by atoms with Gasteiger partial charge in [0, 0.05) is 25.1 Å². The fourth-order valence-corrected chi connectivity index (χ4v) is 3.13. The molecule has 1 heterocycles. The van der Waals surface area contributed by atoms with E-state index in [0.29, 0.717) is 18.5 Å². The lowest BCUT2D eigenvalue weighted by Gasteiger charge is -2.16. The molecule has 8 nitrogen and oxygen atoms in total. The molecule has 1 fully saturated rings. The van der Waals surface area contributed by atoms with Crippen LogP contribution < -0.4 is 10.9 Å². The van der Waals surface area contributed by atoms with Gasteiger partial charge in [0.15, 0.2) is 6.61 Å². The van der Waals surface area contributed by atoms with Gasteiger partial charge < -0.3 is 9.64 Å². The second-order valence-corrected chi connectivity index (χ2v) is 6.95. The quantitative estimate of drug-likeness (QED) is 0.526. The smallest absolute Gasteiger partial charge is 0.311 e. The number of amides is 3. The van der Waals surface area contributed by atoms with Crippen molar-refractivity contribution in [2.45, 2.75) is 12.8 Å². The van der Waals surface area contributed by atoms with Gasteiger partial charge in [-0.25, -0.2) is 0 Å². The highest BCUT2D eigenvalue weighted by atomic mass is 16.5. The number of benzene rings is 2. The largest absolute Gasteiger partial charge is 0.455 e. The molecule has 8 heteroatoms. The zero-order valence-corrected chi connectivity index (χ0v) is 16.4. The number of carbonyl (C=O) groups excluding carboxylic acids is 4. The average Bonchev–Trinajstić information content (AvgIpc) is 3.16. The summed E-state index contributed by atoms with van der Waals surface area (Å²) in [5.74, 6) is -2.45. The van der Waals surface area contributed by atoms with Crippen LogP contribution in [0.15, 0.2) is 60.7 Å². The van der Waals surface area contributed by atoms with Crippen molar-refractivity contribution in [1.29, 1.82) is 0 Å². The van der Waals surface area contributed by atoms with Crippen molar-refractivity contribution in [3.63, 3.8) is 0 Å². The predicted molar refractivity (Wildman–Crippen MR) is 108 cm³/mol. The third-order valence-corrected chi connectivity index (χ3v) is 4.76. The number of esters is 1. The van der Waals surface area contributed by atoms with E-state index < -0.39 is 30.3 Å². The summed E-state index contributed by atoms with van der Waals surface area (Å²) < 4.78 is 5.00. The summed E-state index contributed by atoms with van der Waals surface area (Å²) >= 11 is 0. The monoisotopic (exact) mass is 409 g/mol. The van der Waals surface area contributed by atoms with Gasteiger partial charge in [-0.05, 0) is 24.1 Å². The standard InChI is InChI=1S/C22H23N3O5/c26-19(23-24-21(28)17-9-5-2-6-10-17)15-30-22(29)18-13-20(27)25(14-18)12-11-16-7-3-1-4-8-16/h1-10,18H,11-15H2,(H,23,26)(H,24,28)/t18-/m0/s1. The number of nitrogens with zero attached hydrogens (tertiary/aromatic N) is 1. The Bertz CT molecular complexity index is 902. The number of ether oxygens (including phenoxy) is 1. The maximum absolute atomic E-state index is 12.2. The summed E-state index contributed by atoms with van der Waals surface area (Å²) in [5, 5.41) is 0. The van der Waals surface area contributed by atoms with E-state index in [2.05, 4.69) is 10.9 Å². The van der Waals surface area contributed by atoms with Crippen LogP contribution in [-0.2, 0) is 25.5 Å². The molecule has 156 valence electrons. The van der Waals surface area contributed by atoms with E-state index in [0.717, 1.165) is 5.56 Å².